The van der Waals surface area contributed by atoms with Gasteiger partial charge in [-0.3, -0.25) is 0 Å². The molecule has 112 valence electrons. The molecule has 1 saturated carbocycles. The maximum Gasteiger partial charge on any atom is 0.0991 e. The van der Waals surface area contributed by atoms with Crippen molar-refractivity contribution < 1.29 is 0 Å². The summed E-state index contributed by atoms with van der Waals surface area (Å²) < 4.78 is 0. The molecule has 3 nitrogen and oxygen atoms in total. The molecule has 3 rings (SSSR count). The largest absolute Gasteiger partial charge is 0.313 e. The summed E-state index contributed by atoms with van der Waals surface area (Å²) in [4.78, 5) is 2.43. The van der Waals surface area contributed by atoms with Gasteiger partial charge < -0.3 is 10.2 Å². The second kappa shape index (κ2) is 6.17. The number of rotatable bonds is 5. The molecule has 0 amide bonds. The van der Waals surface area contributed by atoms with Crippen molar-refractivity contribution in [3.8, 4) is 6.07 Å². The maximum atomic E-state index is 9.08. The average molecular weight is 283 g/mol. The van der Waals surface area contributed by atoms with E-state index in [-0.39, 0.29) is 0 Å². The van der Waals surface area contributed by atoms with E-state index in [1.807, 2.05) is 12.1 Å². The molecule has 1 aliphatic carbocycles. The minimum atomic E-state index is 0.364. The third kappa shape index (κ3) is 3.84. The van der Waals surface area contributed by atoms with Crippen molar-refractivity contribution in [3.63, 3.8) is 0 Å². The minimum absolute atomic E-state index is 0.364. The Morgan fingerprint density at radius 1 is 1.33 bits per heavy atom. The number of hydrogen-bond acceptors (Lipinski definition) is 3. The van der Waals surface area contributed by atoms with Crippen LogP contribution in [-0.2, 0) is 6.42 Å². The van der Waals surface area contributed by atoms with E-state index >= 15 is 0 Å². The third-order valence-corrected chi connectivity index (χ3v) is 5.03. The van der Waals surface area contributed by atoms with Crippen molar-refractivity contribution in [2.45, 2.75) is 38.1 Å². The van der Waals surface area contributed by atoms with Crippen molar-refractivity contribution >= 4 is 0 Å². The summed E-state index contributed by atoms with van der Waals surface area (Å²) in [5.41, 5.74) is 2.46. The molecule has 1 aromatic carbocycles. The fraction of sp³-hybridized carbons (Fsp3) is 0.611. The topological polar surface area (TPSA) is 39.1 Å². The predicted octanol–water partition coefficient (Wildman–Crippen LogP) is 2.56. The van der Waals surface area contributed by atoms with Crippen LogP contribution in [0, 0.1) is 16.7 Å². The van der Waals surface area contributed by atoms with Gasteiger partial charge in [-0.2, -0.15) is 5.26 Å². The molecule has 1 heterocycles. The highest BCUT2D eigenvalue weighted by molar-refractivity contribution is 5.33. The number of hydrogen-bond donors (Lipinski definition) is 1. The molecular formula is C18H25N3. The van der Waals surface area contributed by atoms with E-state index in [2.05, 4.69) is 35.5 Å². The predicted molar refractivity (Wildman–Crippen MR) is 85.0 cm³/mol. The molecule has 3 heteroatoms. The first-order valence-corrected chi connectivity index (χ1v) is 8.10. The summed E-state index contributed by atoms with van der Waals surface area (Å²) in [6.45, 7) is 3.50. The van der Waals surface area contributed by atoms with Gasteiger partial charge in [0.25, 0.3) is 0 Å². The van der Waals surface area contributed by atoms with Crippen LogP contribution in [0.25, 0.3) is 0 Å². The zero-order chi connectivity index (χ0) is 14.7. The summed E-state index contributed by atoms with van der Waals surface area (Å²) in [6, 6.07) is 11.2. The van der Waals surface area contributed by atoms with Gasteiger partial charge in [-0.15, -0.1) is 0 Å². The van der Waals surface area contributed by atoms with Gasteiger partial charge in [0.2, 0.25) is 0 Å². The number of nitrogens with zero attached hydrogens (tertiary/aromatic N) is 2. The van der Waals surface area contributed by atoms with Crippen LogP contribution in [0.2, 0.25) is 0 Å². The highest BCUT2D eigenvalue weighted by Gasteiger charge is 2.35. The van der Waals surface area contributed by atoms with E-state index in [1.165, 1.54) is 44.3 Å². The third-order valence-electron chi connectivity index (χ3n) is 5.03. The smallest absolute Gasteiger partial charge is 0.0991 e. The van der Waals surface area contributed by atoms with Gasteiger partial charge in [0.1, 0.15) is 0 Å². The zero-order valence-electron chi connectivity index (χ0n) is 12.9. The summed E-state index contributed by atoms with van der Waals surface area (Å²) in [7, 11) is 2.22. The van der Waals surface area contributed by atoms with Crippen molar-refractivity contribution in [2.75, 3.05) is 26.7 Å². The lowest BCUT2D eigenvalue weighted by Gasteiger charge is -2.41. The van der Waals surface area contributed by atoms with Gasteiger partial charge in [-0.1, -0.05) is 12.1 Å². The SMILES string of the molecule is CN1CCC(CNC2CC2)(Cc2cccc(C#N)c2)CC1. The molecular weight excluding hydrogens is 258 g/mol. The molecule has 0 radical (unpaired) electrons. The van der Waals surface area contributed by atoms with Crippen LogP contribution >= 0.6 is 0 Å². The Morgan fingerprint density at radius 2 is 2.10 bits per heavy atom. The first-order valence-electron chi connectivity index (χ1n) is 8.10. The van der Waals surface area contributed by atoms with Crippen LogP contribution in [0.5, 0.6) is 0 Å². The molecule has 1 aliphatic heterocycles. The first-order chi connectivity index (χ1) is 10.2. The van der Waals surface area contributed by atoms with Crippen LogP contribution in [0.4, 0.5) is 0 Å². The average Bonchev–Trinajstić information content (AvgIpc) is 3.33. The van der Waals surface area contributed by atoms with E-state index in [9.17, 15) is 0 Å². The van der Waals surface area contributed by atoms with Crippen LogP contribution in [-0.4, -0.2) is 37.6 Å². The Balaban J connectivity index is 1.72. The summed E-state index contributed by atoms with van der Waals surface area (Å²) in [5.74, 6) is 0. The van der Waals surface area contributed by atoms with Gasteiger partial charge >= 0.3 is 0 Å². The summed E-state index contributed by atoms with van der Waals surface area (Å²) in [5, 5.41) is 12.8. The molecule has 0 aromatic heterocycles. The highest BCUT2D eigenvalue weighted by atomic mass is 15.1. The van der Waals surface area contributed by atoms with Crippen molar-refractivity contribution in [1.29, 1.82) is 5.26 Å². The molecule has 1 N–H and O–H groups in total. The summed E-state index contributed by atoms with van der Waals surface area (Å²) >= 11 is 0. The van der Waals surface area contributed by atoms with Crippen LogP contribution in [0.1, 0.15) is 36.8 Å². The molecule has 0 atom stereocenters. The molecule has 0 spiro atoms. The van der Waals surface area contributed by atoms with E-state index in [0.717, 1.165) is 24.6 Å². The summed E-state index contributed by atoms with van der Waals surface area (Å²) in [6.07, 6.45) is 6.29. The van der Waals surface area contributed by atoms with Crippen molar-refractivity contribution in [1.82, 2.24) is 10.2 Å². The van der Waals surface area contributed by atoms with Gasteiger partial charge in [-0.25, -0.2) is 0 Å². The second-order valence-corrected chi connectivity index (χ2v) is 6.95. The molecule has 2 fully saturated rings. The maximum absolute atomic E-state index is 9.08. The van der Waals surface area contributed by atoms with Gasteiger partial charge in [0.05, 0.1) is 11.6 Å². The Bertz CT molecular complexity index is 520. The van der Waals surface area contributed by atoms with Crippen LogP contribution in [0.3, 0.4) is 0 Å². The number of likely N-dealkylation sites (tertiary alicyclic amines) is 1. The van der Waals surface area contributed by atoms with Gasteiger partial charge in [-0.05, 0) is 75.4 Å². The Labute approximate surface area is 128 Å². The number of nitriles is 1. The molecule has 1 aromatic rings. The van der Waals surface area contributed by atoms with Crippen LogP contribution in [0.15, 0.2) is 24.3 Å². The van der Waals surface area contributed by atoms with Crippen molar-refractivity contribution in [2.24, 2.45) is 5.41 Å². The molecule has 1 saturated heterocycles. The molecule has 0 unspecified atom stereocenters. The van der Waals surface area contributed by atoms with E-state index in [4.69, 9.17) is 5.26 Å². The lowest BCUT2D eigenvalue weighted by Crippen LogP contribution is -2.45. The molecule has 2 aliphatic rings. The molecule has 21 heavy (non-hydrogen) atoms. The van der Waals surface area contributed by atoms with E-state index in [0.29, 0.717) is 5.41 Å². The van der Waals surface area contributed by atoms with E-state index < -0.39 is 0 Å². The quantitative estimate of drug-likeness (QED) is 0.902. The van der Waals surface area contributed by atoms with Crippen molar-refractivity contribution in [3.05, 3.63) is 35.4 Å². The highest BCUT2D eigenvalue weighted by Crippen LogP contribution is 2.35. The standard InChI is InChI=1S/C18H25N3/c1-21-9-7-18(8-10-21,14-20-17-5-6-17)12-15-3-2-4-16(11-15)13-19/h2-4,11,17,20H,5-10,12,14H2,1H3. The lowest BCUT2D eigenvalue weighted by molar-refractivity contribution is 0.119. The monoisotopic (exact) mass is 283 g/mol. The number of benzene rings is 1. The lowest BCUT2D eigenvalue weighted by atomic mass is 9.73. The normalized spacial score (nSPS) is 21.9. The Kier molecular flexibility index (Phi) is 4.28. The van der Waals surface area contributed by atoms with Crippen LogP contribution < -0.4 is 5.32 Å². The fourth-order valence-corrected chi connectivity index (χ4v) is 3.34. The second-order valence-electron chi connectivity index (χ2n) is 6.95. The fourth-order valence-electron chi connectivity index (χ4n) is 3.34. The number of piperidine rings is 1. The van der Waals surface area contributed by atoms with E-state index in [1.54, 1.807) is 0 Å². The minimum Gasteiger partial charge on any atom is -0.313 e. The first kappa shape index (κ1) is 14.6. The molecule has 0 bridgehead atoms. The zero-order valence-corrected chi connectivity index (χ0v) is 12.9. The Morgan fingerprint density at radius 3 is 2.76 bits per heavy atom. The van der Waals surface area contributed by atoms with Gasteiger partial charge in [0, 0.05) is 12.6 Å². The van der Waals surface area contributed by atoms with Gasteiger partial charge in [0.15, 0.2) is 0 Å². The number of nitrogens with one attached hydrogen (secondary N) is 1. The Hall–Kier alpha value is -1.37.